The summed E-state index contributed by atoms with van der Waals surface area (Å²) in [5.74, 6) is 2.65. The van der Waals surface area contributed by atoms with Crippen LogP contribution in [0.25, 0.3) is 0 Å². The van der Waals surface area contributed by atoms with E-state index in [1.54, 1.807) is 0 Å². The van der Waals surface area contributed by atoms with Gasteiger partial charge in [0.1, 0.15) is 0 Å². The van der Waals surface area contributed by atoms with Gasteiger partial charge < -0.3 is 4.43 Å². The normalized spacial score (nSPS) is 15.9. The molecule has 0 aliphatic carbocycles. The molecule has 0 aliphatic heterocycles. The van der Waals surface area contributed by atoms with Crippen molar-refractivity contribution in [2.75, 3.05) is 6.61 Å². The van der Waals surface area contributed by atoms with E-state index in [2.05, 4.69) is 74.6 Å². The van der Waals surface area contributed by atoms with Gasteiger partial charge in [0.15, 0.2) is 8.32 Å². The standard InChI is InChI=1S/C26H54OSi/c1-22(2)14-11-15-23(3)16-12-17-24(4)18-13-19-25(5)20-21-27-28(9,10)26(6,7)8/h20,22-24H,11-19,21H2,1-10H3/b25-20+. The lowest BCUT2D eigenvalue weighted by Gasteiger charge is -2.35. The van der Waals surface area contributed by atoms with Gasteiger partial charge in [0, 0.05) is 0 Å². The zero-order valence-corrected chi connectivity index (χ0v) is 22.3. The lowest BCUT2D eigenvalue weighted by Crippen LogP contribution is -2.40. The smallest absolute Gasteiger partial charge is 0.192 e. The minimum Gasteiger partial charge on any atom is -0.413 e. The van der Waals surface area contributed by atoms with Gasteiger partial charge in [-0.3, -0.25) is 0 Å². The van der Waals surface area contributed by atoms with Crippen molar-refractivity contribution in [2.24, 2.45) is 17.8 Å². The topological polar surface area (TPSA) is 9.23 Å². The minimum atomic E-state index is -1.60. The van der Waals surface area contributed by atoms with E-state index in [4.69, 9.17) is 4.43 Å². The lowest BCUT2D eigenvalue weighted by atomic mass is 9.91. The van der Waals surface area contributed by atoms with Crippen LogP contribution in [0.15, 0.2) is 11.6 Å². The molecule has 2 unspecified atom stereocenters. The van der Waals surface area contributed by atoms with E-state index in [-0.39, 0.29) is 0 Å². The predicted molar refractivity (Wildman–Crippen MR) is 132 cm³/mol. The third-order valence-corrected chi connectivity index (χ3v) is 11.3. The molecule has 0 aromatic rings. The summed E-state index contributed by atoms with van der Waals surface area (Å²) in [4.78, 5) is 0. The van der Waals surface area contributed by atoms with E-state index in [0.717, 1.165) is 24.4 Å². The number of hydrogen-bond donors (Lipinski definition) is 0. The first-order chi connectivity index (χ1) is 12.8. The molecule has 0 amide bonds. The average molecular weight is 411 g/mol. The fourth-order valence-electron chi connectivity index (χ4n) is 3.42. The Morgan fingerprint density at radius 3 is 1.75 bits per heavy atom. The zero-order chi connectivity index (χ0) is 21.8. The van der Waals surface area contributed by atoms with Crippen molar-refractivity contribution >= 4 is 8.32 Å². The molecule has 1 nitrogen and oxygen atoms in total. The molecule has 28 heavy (non-hydrogen) atoms. The molecule has 0 bridgehead atoms. The van der Waals surface area contributed by atoms with Crippen LogP contribution < -0.4 is 0 Å². The molecule has 0 spiro atoms. The molecule has 0 aromatic heterocycles. The quantitative estimate of drug-likeness (QED) is 0.193. The highest BCUT2D eigenvalue weighted by Gasteiger charge is 2.36. The second-order valence-corrected chi connectivity index (χ2v) is 16.3. The van der Waals surface area contributed by atoms with Crippen molar-refractivity contribution in [3.8, 4) is 0 Å². The van der Waals surface area contributed by atoms with Crippen molar-refractivity contribution in [3.63, 3.8) is 0 Å². The van der Waals surface area contributed by atoms with Gasteiger partial charge >= 0.3 is 0 Å². The van der Waals surface area contributed by atoms with Crippen LogP contribution >= 0.6 is 0 Å². The molecular formula is C26H54OSi. The summed E-state index contributed by atoms with van der Waals surface area (Å²) in [6.45, 7) is 24.2. The minimum absolute atomic E-state index is 0.302. The molecule has 2 heteroatoms. The van der Waals surface area contributed by atoms with E-state index >= 15 is 0 Å². The van der Waals surface area contributed by atoms with Crippen molar-refractivity contribution in [1.82, 2.24) is 0 Å². The first kappa shape index (κ1) is 27.9. The highest BCUT2D eigenvalue weighted by atomic mass is 28.4. The molecular weight excluding hydrogens is 356 g/mol. The Kier molecular flexibility index (Phi) is 14.0. The van der Waals surface area contributed by atoms with Crippen LogP contribution in [0.1, 0.15) is 113 Å². The predicted octanol–water partition coefficient (Wildman–Crippen LogP) is 9.39. The molecule has 0 saturated carbocycles. The molecule has 0 aromatic carbocycles. The monoisotopic (exact) mass is 410 g/mol. The van der Waals surface area contributed by atoms with Gasteiger partial charge in [0.25, 0.3) is 0 Å². The van der Waals surface area contributed by atoms with Gasteiger partial charge in [-0.2, -0.15) is 0 Å². The molecule has 0 N–H and O–H groups in total. The van der Waals surface area contributed by atoms with Crippen molar-refractivity contribution in [2.45, 2.75) is 131 Å². The second kappa shape index (κ2) is 14.0. The maximum atomic E-state index is 6.27. The van der Waals surface area contributed by atoms with E-state index in [0.29, 0.717) is 5.04 Å². The Morgan fingerprint density at radius 2 is 1.29 bits per heavy atom. The summed E-state index contributed by atoms with van der Waals surface area (Å²) in [6, 6.07) is 0. The van der Waals surface area contributed by atoms with Gasteiger partial charge in [-0.25, -0.2) is 0 Å². The van der Waals surface area contributed by atoms with Crippen LogP contribution in [0, 0.1) is 17.8 Å². The molecule has 0 fully saturated rings. The highest BCUT2D eigenvalue weighted by molar-refractivity contribution is 6.74. The molecule has 0 heterocycles. The van der Waals surface area contributed by atoms with E-state index in [1.807, 2.05) is 0 Å². The summed E-state index contributed by atoms with van der Waals surface area (Å²) in [5.41, 5.74) is 1.50. The van der Waals surface area contributed by atoms with Crippen LogP contribution in [-0.2, 0) is 4.43 Å². The summed E-state index contributed by atoms with van der Waals surface area (Å²) in [7, 11) is -1.60. The Balaban J connectivity index is 3.86. The van der Waals surface area contributed by atoms with Crippen LogP contribution in [0.3, 0.4) is 0 Å². The van der Waals surface area contributed by atoms with E-state index in [1.165, 1.54) is 63.4 Å². The Hall–Kier alpha value is -0.0831. The van der Waals surface area contributed by atoms with Crippen LogP contribution in [0.5, 0.6) is 0 Å². The van der Waals surface area contributed by atoms with Crippen LogP contribution in [-0.4, -0.2) is 14.9 Å². The lowest BCUT2D eigenvalue weighted by molar-refractivity contribution is 0.327. The van der Waals surface area contributed by atoms with Gasteiger partial charge in [0.05, 0.1) is 6.61 Å². The Labute approximate surface area is 180 Å². The number of rotatable bonds is 15. The summed E-state index contributed by atoms with van der Waals surface area (Å²) in [6.07, 6.45) is 14.7. The van der Waals surface area contributed by atoms with E-state index in [9.17, 15) is 0 Å². The molecule has 0 rings (SSSR count). The average Bonchev–Trinajstić information content (AvgIpc) is 2.53. The third kappa shape index (κ3) is 14.0. The Morgan fingerprint density at radius 1 is 0.821 bits per heavy atom. The fraction of sp³-hybridized carbons (Fsp3) is 0.923. The first-order valence-corrected chi connectivity index (χ1v) is 15.1. The first-order valence-electron chi connectivity index (χ1n) is 12.1. The maximum absolute atomic E-state index is 6.27. The van der Waals surface area contributed by atoms with Crippen LogP contribution in [0.4, 0.5) is 0 Å². The SMILES string of the molecule is C/C(=C\CO[Si](C)(C)C(C)(C)C)CCCC(C)CCCC(C)CCCC(C)C. The third-order valence-electron chi connectivity index (χ3n) is 6.82. The molecule has 2 atom stereocenters. The molecule has 0 saturated heterocycles. The number of allylic oxidation sites excluding steroid dienone is 1. The van der Waals surface area contributed by atoms with Gasteiger partial charge in [0.2, 0.25) is 0 Å². The molecule has 0 radical (unpaired) electrons. The summed E-state index contributed by atoms with van der Waals surface area (Å²) >= 11 is 0. The largest absolute Gasteiger partial charge is 0.413 e. The van der Waals surface area contributed by atoms with E-state index < -0.39 is 8.32 Å². The molecule has 168 valence electrons. The zero-order valence-electron chi connectivity index (χ0n) is 21.3. The maximum Gasteiger partial charge on any atom is 0.192 e. The van der Waals surface area contributed by atoms with Crippen molar-refractivity contribution in [3.05, 3.63) is 11.6 Å². The van der Waals surface area contributed by atoms with Gasteiger partial charge in [-0.05, 0) is 55.7 Å². The number of hydrogen-bond acceptors (Lipinski definition) is 1. The van der Waals surface area contributed by atoms with Gasteiger partial charge in [-0.15, -0.1) is 0 Å². The van der Waals surface area contributed by atoms with Crippen LogP contribution in [0.2, 0.25) is 18.1 Å². The van der Waals surface area contributed by atoms with Gasteiger partial charge in [-0.1, -0.05) is 105 Å². The Bertz CT molecular complexity index is 417. The molecule has 0 aliphatic rings. The van der Waals surface area contributed by atoms with Crippen molar-refractivity contribution < 1.29 is 4.43 Å². The highest BCUT2D eigenvalue weighted by Crippen LogP contribution is 2.36. The summed E-state index contributed by atoms with van der Waals surface area (Å²) in [5, 5.41) is 0.302. The second-order valence-electron chi connectivity index (χ2n) is 11.5. The van der Waals surface area contributed by atoms with Crippen molar-refractivity contribution in [1.29, 1.82) is 0 Å². The fourth-order valence-corrected chi connectivity index (χ4v) is 4.35. The summed E-state index contributed by atoms with van der Waals surface area (Å²) < 4.78 is 6.27.